The van der Waals surface area contributed by atoms with Crippen LogP contribution in [0.3, 0.4) is 0 Å². The number of nitrogens with one attached hydrogen (secondary N) is 1. The molecule has 2 aliphatic rings. The summed E-state index contributed by atoms with van der Waals surface area (Å²) in [6.07, 6.45) is 3.41. The number of hydrogen-bond donors (Lipinski definition) is 4. The number of carbonyl (C=O) groups is 2. The quantitative estimate of drug-likeness (QED) is 0.198. The van der Waals surface area contributed by atoms with Crippen LogP contribution in [0.4, 0.5) is 0 Å². The van der Waals surface area contributed by atoms with Crippen molar-refractivity contribution in [3.05, 3.63) is 32.9 Å². The van der Waals surface area contributed by atoms with Crippen molar-refractivity contribution in [2.24, 2.45) is 23.7 Å². The number of benzene rings is 1. The van der Waals surface area contributed by atoms with Crippen molar-refractivity contribution in [1.29, 1.82) is 0 Å². The number of aliphatic hydroxyl groups is 3. The van der Waals surface area contributed by atoms with E-state index in [2.05, 4.69) is 62.5 Å². The molecule has 1 aromatic carbocycles. The van der Waals surface area contributed by atoms with Gasteiger partial charge in [-0.15, -0.1) is 0 Å². The zero-order valence-corrected chi connectivity index (χ0v) is 29.8. The van der Waals surface area contributed by atoms with Gasteiger partial charge in [-0.3, -0.25) is 9.59 Å². The maximum atomic E-state index is 14.0. The summed E-state index contributed by atoms with van der Waals surface area (Å²) >= 11 is 2.08. The van der Waals surface area contributed by atoms with E-state index in [0.717, 1.165) is 19.3 Å². The van der Waals surface area contributed by atoms with E-state index in [1.54, 1.807) is 23.1 Å². The predicted octanol–water partition coefficient (Wildman–Crippen LogP) is 4.06. The minimum atomic E-state index is -1.16. The highest BCUT2D eigenvalue weighted by Gasteiger charge is 2.41. The molecule has 0 aromatic heterocycles. The first-order valence-corrected chi connectivity index (χ1v) is 17.3. The Morgan fingerprint density at radius 1 is 1.16 bits per heavy atom. The highest BCUT2D eigenvalue weighted by atomic mass is 127. The molecule has 1 saturated carbocycles. The smallest absolute Gasteiger partial charge is 0.248 e. The van der Waals surface area contributed by atoms with Gasteiger partial charge in [0.15, 0.2) is 11.5 Å². The Labute approximate surface area is 282 Å². The highest BCUT2D eigenvalue weighted by molar-refractivity contribution is 14.1. The fourth-order valence-corrected chi connectivity index (χ4v) is 7.13. The average Bonchev–Trinajstić information content (AvgIpc) is 3.00. The molecule has 0 aliphatic heterocycles. The van der Waals surface area contributed by atoms with E-state index in [-0.39, 0.29) is 44.8 Å². The molecular formula is C34H53IN2O8. The Kier molecular flexibility index (Phi) is 14.9. The number of methoxy groups -OCH3 is 1. The minimum Gasteiger partial charge on any atom is -0.493 e. The molecule has 1 fully saturated rings. The SMILES string of the molecule is COc1cc(CO)cc(I)c1OC1C=C(C(=O)NCCO)CC(N(CCC(C)C)C(=O)COC2CC(C)CCC2C(C)C)C1O. The summed E-state index contributed by atoms with van der Waals surface area (Å²) in [7, 11) is 1.49. The highest BCUT2D eigenvalue weighted by Crippen LogP contribution is 2.38. The molecule has 10 nitrogen and oxygen atoms in total. The maximum Gasteiger partial charge on any atom is 0.248 e. The van der Waals surface area contributed by atoms with Crippen molar-refractivity contribution in [3.63, 3.8) is 0 Å². The number of carbonyl (C=O) groups excluding carboxylic acids is 2. The van der Waals surface area contributed by atoms with E-state index in [4.69, 9.17) is 14.2 Å². The number of amides is 2. The summed E-state index contributed by atoms with van der Waals surface area (Å²) in [5, 5.41) is 33.5. The van der Waals surface area contributed by atoms with Crippen molar-refractivity contribution in [3.8, 4) is 11.5 Å². The monoisotopic (exact) mass is 744 g/mol. The molecule has 1 aromatic rings. The van der Waals surface area contributed by atoms with Crippen molar-refractivity contribution in [1.82, 2.24) is 10.2 Å². The molecule has 6 atom stereocenters. The van der Waals surface area contributed by atoms with Gasteiger partial charge in [0.2, 0.25) is 11.8 Å². The Bertz CT molecular complexity index is 1160. The summed E-state index contributed by atoms with van der Waals surface area (Å²) in [5.74, 6) is 1.79. The van der Waals surface area contributed by atoms with Gasteiger partial charge in [-0.05, 0) is 89.3 Å². The molecule has 45 heavy (non-hydrogen) atoms. The number of ether oxygens (including phenoxy) is 3. The predicted molar refractivity (Wildman–Crippen MR) is 181 cm³/mol. The van der Waals surface area contributed by atoms with E-state index in [1.165, 1.54) is 7.11 Å². The first-order valence-electron chi connectivity index (χ1n) is 16.2. The van der Waals surface area contributed by atoms with Crippen LogP contribution in [0.2, 0.25) is 0 Å². The van der Waals surface area contributed by atoms with E-state index in [1.807, 2.05) is 0 Å². The number of hydrogen-bond acceptors (Lipinski definition) is 8. The first-order chi connectivity index (χ1) is 21.4. The lowest BCUT2D eigenvalue weighted by molar-refractivity contribution is -0.148. The average molecular weight is 745 g/mol. The fourth-order valence-electron chi connectivity index (χ4n) is 6.33. The van der Waals surface area contributed by atoms with Crippen LogP contribution >= 0.6 is 22.6 Å². The third-order valence-electron chi connectivity index (χ3n) is 8.99. The van der Waals surface area contributed by atoms with Gasteiger partial charge in [-0.25, -0.2) is 0 Å². The lowest BCUT2D eigenvalue weighted by atomic mass is 9.75. The Morgan fingerprint density at radius 2 is 1.89 bits per heavy atom. The molecule has 4 N–H and O–H groups in total. The molecule has 0 radical (unpaired) electrons. The van der Waals surface area contributed by atoms with Crippen molar-refractivity contribution in [2.45, 2.75) is 97.7 Å². The Hall–Kier alpha value is -1.93. The van der Waals surface area contributed by atoms with Crippen LogP contribution in [-0.4, -0.2) is 89.8 Å². The van der Waals surface area contributed by atoms with Gasteiger partial charge in [-0.2, -0.15) is 0 Å². The van der Waals surface area contributed by atoms with Crippen molar-refractivity contribution < 1.29 is 39.1 Å². The summed E-state index contributed by atoms with van der Waals surface area (Å²) in [6, 6.07) is 2.67. The molecule has 0 spiro atoms. The van der Waals surface area contributed by atoms with Gasteiger partial charge in [0.25, 0.3) is 0 Å². The van der Waals surface area contributed by atoms with E-state index in [9.17, 15) is 24.9 Å². The normalized spacial score (nSPS) is 25.2. The summed E-state index contributed by atoms with van der Waals surface area (Å²) < 4.78 is 18.9. The van der Waals surface area contributed by atoms with Gasteiger partial charge in [0.1, 0.15) is 18.8 Å². The molecule has 0 saturated heterocycles. The lowest BCUT2D eigenvalue weighted by Crippen LogP contribution is -2.56. The standard InChI is InChI=1S/C34H53IN2O8/c1-20(2)9-11-37(31(40)19-44-28-13-22(5)7-8-25(28)21(3)4)27-16-24(34(42)36-10-12-38)17-29(32(27)41)45-33-26(35)14-23(18-39)15-30(33)43-6/h14-15,17,20-22,25,27-29,32,38-39,41H,7-13,16,18-19H2,1-6H3,(H,36,42). The zero-order chi connectivity index (χ0) is 33.3. The molecular weight excluding hydrogens is 691 g/mol. The second-order valence-electron chi connectivity index (χ2n) is 13.2. The second-order valence-corrected chi connectivity index (χ2v) is 14.4. The molecule has 6 unspecified atom stereocenters. The number of rotatable bonds is 15. The van der Waals surface area contributed by atoms with Crippen LogP contribution in [0.15, 0.2) is 23.8 Å². The summed E-state index contributed by atoms with van der Waals surface area (Å²) in [4.78, 5) is 28.9. The number of nitrogens with zero attached hydrogens (tertiary/aromatic N) is 1. The van der Waals surface area contributed by atoms with Gasteiger partial charge in [0, 0.05) is 25.1 Å². The molecule has 11 heteroatoms. The molecule has 254 valence electrons. The topological polar surface area (TPSA) is 138 Å². The largest absolute Gasteiger partial charge is 0.493 e. The van der Waals surface area contributed by atoms with Crippen LogP contribution in [0.5, 0.6) is 11.5 Å². The number of aliphatic hydroxyl groups excluding tert-OH is 3. The lowest BCUT2D eigenvalue weighted by Gasteiger charge is -2.41. The van der Waals surface area contributed by atoms with E-state index in [0.29, 0.717) is 62.8 Å². The van der Waals surface area contributed by atoms with Gasteiger partial charge in [-0.1, -0.05) is 41.0 Å². The van der Waals surface area contributed by atoms with Gasteiger partial charge < -0.3 is 39.7 Å². The van der Waals surface area contributed by atoms with Crippen LogP contribution in [0, 0.1) is 27.2 Å². The van der Waals surface area contributed by atoms with Crippen molar-refractivity contribution >= 4 is 34.4 Å². The molecule has 3 rings (SSSR count). The van der Waals surface area contributed by atoms with Crippen LogP contribution in [0.25, 0.3) is 0 Å². The number of halogens is 1. The van der Waals surface area contributed by atoms with E-state index < -0.39 is 24.2 Å². The third-order valence-corrected chi connectivity index (χ3v) is 9.79. The first kappa shape index (κ1) is 37.5. The molecule has 0 bridgehead atoms. The third kappa shape index (κ3) is 10.3. The Balaban J connectivity index is 1.94. The van der Waals surface area contributed by atoms with Gasteiger partial charge in [0.05, 0.1) is 36.0 Å². The van der Waals surface area contributed by atoms with Crippen molar-refractivity contribution in [2.75, 3.05) is 33.4 Å². The molecule has 0 heterocycles. The molecule has 2 aliphatic carbocycles. The molecule has 2 amide bonds. The van der Waals surface area contributed by atoms with Crippen LogP contribution in [0.1, 0.15) is 72.3 Å². The van der Waals surface area contributed by atoms with E-state index >= 15 is 0 Å². The van der Waals surface area contributed by atoms with Crippen LogP contribution in [-0.2, 0) is 20.9 Å². The zero-order valence-electron chi connectivity index (χ0n) is 27.6. The minimum absolute atomic E-state index is 0.00633. The second kappa shape index (κ2) is 17.8. The fraction of sp³-hybridized carbons (Fsp3) is 0.706. The Morgan fingerprint density at radius 3 is 2.51 bits per heavy atom. The summed E-state index contributed by atoms with van der Waals surface area (Å²) in [6.45, 7) is 10.8. The van der Waals surface area contributed by atoms with Gasteiger partial charge >= 0.3 is 0 Å². The van der Waals surface area contributed by atoms with Crippen LogP contribution < -0.4 is 14.8 Å². The summed E-state index contributed by atoms with van der Waals surface area (Å²) in [5.41, 5.74) is 0.997. The maximum absolute atomic E-state index is 14.0.